The van der Waals surface area contributed by atoms with Crippen LogP contribution < -0.4 is 4.74 Å². The van der Waals surface area contributed by atoms with Crippen molar-refractivity contribution < 1.29 is 19.7 Å². The van der Waals surface area contributed by atoms with E-state index in [4.69, 9.17) is 9.84 Å². The molecule has 2 N–H and O–H groups in total. The fourth-order valence-corrected chi connectivity index (χ4v) is 2.46. The van der Waals surface area contributed by atoms with Gasteiger partial charge in [-0.05, 0) is 35.4 Å². The number of aromatic hydroxyl groups is 1. The number of benzene rings is 3. The Hall–Kier alpha value is -3.27. The Morgan fingerprint density at radius 3 is 2.38 bits per heavy atom. The highest BCUT2D eigenvalue weighted by molar-refractivity contribution is 5.90. The predicted octanol–water partition coefficient (Wildman–Crippen LogP) is 4.34. The molecule has 0 fully saturated rings. The Morgan fingerprint density at radius 2 is 1.62 bits per heavy atom. The molecule has 0 radical (unpaired) electrons. The van der Waals surface area contributed by atoms with Crippen LogP contribution in [-0.4, -0.2) is 16.2 Å². The first-order valence-electron chi connectivity index (χ1n) is 7.47. The van der Waals surface area contributed by atoms with Crippen LogP contribution in [0.15, 0.2) is 72.8 Å². The highest BCUT2D eigenvalue weighted by Gasteiger charge is 2.11. The lowest BCUT2D eigenvalue weighted by atomic mass is 10.0. The quantitative estimate of drug-likeness (QED) is 0.734. The summed E-state index contributed by atoms with van der Waals surface area (Å²) in [7, 11) is 0. The monoisotopic (exact) mass is 320 g/mol. The maximum atomic E-state index is 11.2. The van der Waals surface area contributed by atoms with E-state index in [2.05, 4.69) is 0 Å². The zero-order chi connectivity index (χ0) is 16.9. The van der Waals surface area contributed by atoms with Crippen molar-refractivity contribution in [3.05, 3.63) is 83.9 Å². The minimum Gasteiger partial charge on any atom is -0.508 e. The van der Waals surface area contributed by atoms with Gasteiger partial charge in [0.25, 0.3) is 0 Å². The summed E-state index contributed by atoms with van der Waals surface area (Å²) in [6, 6.07) is 21.4. The van der Waals surface area contributed by atoms with Crippen LogP contribution in [0.4, 0.5) is 0 Å². The number of hydrogen-bond acceptors (Lipinski definition) is 3. The molecule has 3 rings (SSSR count). The summed E-state index contributed by atoms with van der Waals surface area (Å²) in [5, 5.41) is 19.0. The summed E-state index contributed by atoms with van der Waals surface area (Å²) >= 11 is 0. The number of aromatic carboxylic acids is 1. The molecule has 0 spiro atoms. The van der Waals surface area contributed by atoms with Crippen LogP contribution in [0.5, 0.6) is 11.5 Å². The first kappa shape index (κ1) is 15.6. The summed E-state index contributed by atoms with van der Waals surface area (Å²) in [5.41, 5.74) is 2.39. The van der Waals surface area contributed by atoms with Crippen LogP contribution in [0, 0.1) is 0 Å². The minimum absolute atomic E-state index is 0.0304. The van der Waals surface area contributed by atoms with Gasteiger partial charge in [-0.15, -0.1) is 0 Å². The molecule has 0 heterocycles. The third-order valence-corrected chi connectivity index (χ3v) is 3.60. The fraction of sp³-hybridized carbons (Fsp3) is 0.0500. The third kappa shape index (κ3) is 3.55. The number of carbonyl (C=O) groups is 1. The van der Waals surface area contributed by atoms with Crippen LogP contribution in [-0.2, 0) is 6.61 Å². The molecule has 0 aliphatic rings. The van der Waals surface area contributed by atoms with Gasteiger partial charge in [-0.25, -0.2) is 4.79 Å². The van der Waals surface area contributed by atoms with Crippen molar-refractivity contribution >= 4 is 5.97 Å². The van der Waals surface area contributed by atoms with Crippen molar-refractivity contribution in [3.8, 4) is 22.6 Å². The summed E-state index contributed by atoms with van der Waals surface area (Å²) in [5.74, 6) is -0.555. The van der Waals surface area contributed by atoms with Gasteiger partial charge in [-0.2, -0.15) is 0 Å². The van der Waals surface area contributed by atoms with Gasteiger partial charge in [0.05, 0.1) is 5.56 Å². The highest BCUT2D eigenvalue weighted by Crippen LogP contribution is 2.33. The molecule has 3 aromatic rings. The molecule has 4 heteroatoms. The average molecular weight is 320 g/mol. The molecule has 0 atom stereocenters. The lowest BCUT2D eigenvalue weighted by molar-refractivity contribution is 0.0696. The molecule has 0 aliphatic carbocycles. The molecule has 0 aliphatic heterocycles. The summed E-state index contributed by atoms with van der Waals surface area (Å²) in [6.45, 7) is 0.405. The molecule has 0 aromatic heterocycles. The second kappa shape index (κ2) is 6.87. The van der Waals surface area contributed by atoms with Gasteiger partial charge in [0, 0.05) is 5.56 Å². The molecular weight excluding hydrogens is 304 g/mol. The molecule has 0 unspecified atom stereocenters. The number of phenolic OH excluding ortho intramolecular Hbond substituents is 1. The first-order valence-corrected chi connectivity index (χ1v) is 7.47. The first-order chi connectivity index (χ1) is 11.6. The summed E-state index contributed by atoms with van der Waals surface area (Å²) in [6.07, 6.45) is 0. The van der Waals surface area contributed by atoms with Crippen molar-refractivity contribution in [2.45, 2.75) is 6.61 Å². The largest absolute Gasteiger partial charge is 0.508 e. The molecule has 0 bridgehead atoms. The van der Waals surface area contributed by atoms with Crippen LogP contribution in [0.3, 0.4) is 0 Å². The summed E-state index contributed by atoms with van der Waals surface area (Å²) < 4.78 is 5.89. The van der Waals surface area contributed by atoms with E-state index in [1.807, 2.05) is 54.6 Å². The van der Waals surface area contributed by atoms with Crippen LogP contribution in [0.25, 0.3) is 11.1 Å². The number of ether oxygens (including phenoxy) is 1. The maximum Gasteiger partial charge on any atom is 0.335 e. The van der Waals surface area contributed by atoms with E-state index in [9.17, 15) is 9.90 Å². The van der Waals surface area contributed by atoms with E-state index >= 15 is 0 Å². The van der Waals surface area contributed by atoms with Gasteiger partial charge in [-0.3, -0.25) is 0 Å². The van der Waals surface area contributed by atoms with Crippen molar-refractivity contribution in [2.75, 3.05) is 0 Å². The molecule has 24 heavy (non-hydrogen) atoms. The van der Waals surface area contributed by atoms with Crippen molar-refractivity contribution in [1.29, 1.82) is 0 Å². The standard InChI is InChI=1S/C20H16O4/c21-17-11-15(10-16(12-17)20(22)23)18-8-4-5-9-19(18)24-13-14-6-2-1-3-7-14/h1-12,21H,13H2,(H,22,23). The average Bonchev–Trinajstić information content (AvgIpc) is 2.60. The Labute approximate surface area is 139 Å². The molecule has 0 amide bonds. The topological polar surface area (TPSA) is 66.8 Å². The van der Waals surface area contributed by atoms with Gasteiger partial charge < -0.3 is 14.9 Å². The van der Waals surface area contributed by atoms with E-state index < -0.39 is 5.97 Å². The van der Waals surface area contributed by atoms with Crippen molar-refractivity contribution in [3.63, 3.8) is 0 Å². The van der Waals surface area contributed by atoms with E-state index in [-0.39, 0.29) is 11.3 Å². The molecule has 0 saturated carbocycles. The number of phenols is 1. The normalized spacial score (nSPS) is 10.3. The molecule has 4 nitrogen and oxygen atoms in total. The smallest absolute Gasteiger partial charge is 0.335 e. The van der Waals surface area contributed by atoms with Gasteiger partial charge in [0.1, 0.15) is 18.1 Å². The number of para-hydroxylation sites is 1. The number of hydrogen-bond donors (Lipinski definition) is 2. The lowest BCUT2D eigenvalue weighted by Gasteiger charge is -2.12. The lowest BCUT2D eigenvalue weighted by Crippen LogP contribution is -1.98. The third-order valence-electron chi connectivity index (χ3n) is 3.60. The zero-order valence-corrected chi connectivity index (χ0v) is 12.8. The van der Waals surface area contributed by atoms with E-state index in [0.717, 1.165) is 11.1 Å². The summed E-state index contributed by atoms with van der Waals surface area (Å²) in [4.78, 5) is 11.2. The van der Waals surface area contributed by atoms with Crippen LogP contribution in [0.2, 0.25) is 0 Å². The second-order valence-corrected chi connectivity index (χ2v) is 5.34. The maximum absolute atomic E-state index is 11.2. The van der Waals surface area contributed by atoms with Gasteiger partial charge >= 0.3 is 5.97 Å². The second-order valence-electron chi connectivity index (χ2n) is 5.34. The fourth-order valence-electron chi connectivity index (χ4n) is 2.46. The zero-order valence-electron chi connectivity index (χ0n) is 12.8. The molecule has 0 saturated heterocycles. The molecular formula is C20H16O4. The Balaban J connectivity index is 1.93. The van der Waals surface area contributed by atoms with Crippen LogP contribution >= 0.6 is 0 Å². The minimum atomic E-state index is -1.09. The Kier molecular flexibility index (Phi) is 4.47. The van der Waals surface area contributed by atoms with E-state index in [1.54, 1.807) is 0 Å². The van der Waals surface area contributed by atoms with E-state index in [0.29, 0.717) is 17.9 Å². The Morgan fingerprint density at radius 1 is 0.917 bits per heavy atom. The van der Waals surface area contributed by atoms with Gasteiger partial charge in [0.2, 0.25) is 0 Å². The SMILES string of the molecule is O=C(O)c1cc(O)cc(-c2ccccc2OCc2ccccc2)c1. The highest BCUT2D eigenvalue weighted by atomic mass is 16.5. The molecule has 3 aromatic carbocycles. The molecule has 120 valence electrons. The number of carboxylic acid groups (broad SMARTS) is 1. The van der Waals surface area contributed by atoms with E-state index in [1.165, 1.54) is 18.2 Å². The Bertz CT molecular complexity index is 857. The van der Waals surface area contributed by atoms with Gasteiger partial charge in [-0.1, -0.05) is 48.5 Å². The number of rotatable bonds is 5. The van der Waals surface area contributed by atoms with Crippen molar-refractivity contribution in [2.24, 2.45) is 0 Å². The predicted molar refractivity (Wildman–Crippen MR) is 91.3 cm³/mol. The van der Waals surface area contributed by atoms with Crippen LogP contribution in [0.1, 0.15) is 15.9 Å². The number of carboxylic acids is 1. The van der Waals surface area contributed by atoms with Gasteiger partial charge in [0.15, 0.2) is 0 Å². The van der Waals surface area contributed by atoms with Crippen molar-refractivity contribution in [1.82, 2.24) is 0 Å².